The molecule has 0 aliphatic carbocycles. The summed E-state index contributed by atoms with van der Waals surface area (Å²) in [5, 5.41) is 0. The summed E-state index contributed by atoms with van der Waals surface area (Å²) in [6.07, 6.45) is 3.62. The van der Waals surface area contributed by atoms with Crippen LogP contribution in [-0.4, -0.2) is 24.1 Å². The third-order valence-corrected chi connectivity index (χ3v) is 2.24. The predicted octanol–water partition coefficient (Wildman–Crippen LogP) is 2.64. The predicted molar refractivity (Wildman–Crippen MR) is 69.9 cm³/mol. The molecule has 4 heteroatoms. The third-order valence-electron chi connectivity index (χ3n) is 2.24. The van der Waals surface area contributed by atoms with E-state index in [9.17, 15) is 9.59 Å². The lowest BCUT2D eigenvalue weighted by molar-refractivity contribution is -0.149. The molecule has 0 fully saturated rings. The highest BCUT2D eigenvalue weighted by Crippen LogP contribution is 2.17. The number of carbonyl (C=O) groups excluding carboxylic acids is 2. The van der Waals surface area contributed by atoms with Gasteiger partial charge in [0.05, 0.1) is 0 Å². The number of carbonyl (C=O) groups is 2. The molecule has 1 atom stereocenters. The Balaban J connectivity index is 4.61. The summed E-state index contributed by atoms with van der Waals surface area (Å²) in [6, 6.07) is 0. The fourth-order valence-electron chi connectivity index (χ4n) is 1.32. The van der Waals surface area contributed by atoms with Gasteiger partial charge in [0.2, 0.25) is 0 Å². The van der Waals surface area contributed by atoms with Crippen LogP contribution >= 0.6 is 0 Å². The van der Waals surface area contributed by atoms with E-state index in [-0.39, 0.29) is 24.5 Å². The average Bonchev–Trinajstić information content (AvgIpc) is 2.13. The molecule has 0 aromatic heterocycles. The second-order valence-corrected chi connectivity index (χ2v) is 4.81. The molecule has 1 unspecified atom stereocenters. The Hall–Kier alpha value is -1.58. The number of ether oxygens (including phenoxy) is 2. The van der Waals surface area contributed by atoms with Crippen molar-refractivity contribution in [1.82, 2.24) is 0 Å². The Bertz CT molecular complexity index is 353. The number of hydrogen-bond donors (Lipinski definition) is 0. The Labute approximate surface area is 109 Å². The molecule has 0 bridgehead atoms. The zero-order valence-electron chi connectivity index (χ0n) is 11.8. The SMILES string of the molecule is C=C(C)C(/C=C/C(C)(C)OC(C)=O)COC(C)=O. The van der Waals surface area contributed by atoms with Crippen LogP contribution in [0.3, 0.4) is 0 Å². The van der Waals surface area contributed by atoms with Gasteiger partial charge in [-0.1, -0.05) is 18.2 Å². The van der Waals surface area contributed by atoms with Gasteiger partial charge in [0, 0.05) is 19.8 Å². The molecule has 18 heavy (non-hydrogen) atoms. The molecule has 0 aliphatic rings. The van der Waals surface area contributed by atoms with E-state index in [0.717, 1.165) is 5.57 Å². The minimum absolute atomic E-state index is 0.0799. The highest BCUT2D eigenvalue weighted by molar-refractivity contribution is 5.66. The number of rotatable bonds is 6. The highest BCUT2D eigenvalue weighted by atomic mass is 16.6. The van der Waals surface area contributed by atoms with Crippen molar-refractivity contribution in [3.63, 3.8) is 0 Å². The first kappa shape index (κ1) is 16.4. The monoisotopic (exact) mass is 254 g/mol. The Kier molecular flexibility index (Phi) is 6.37. The minimum Gasteiger partial charge on any atom is -0.465 e. The number of hydrogen-bond acceptors (Lipinski definition) is 4. The second kappa shape index (κ2) is 6.99. The van der Waals surface area contributed by atoms with Crippen LogP contribution < -0.4 is 0 Å². The fraction of sp³-hybridized carbons (Fsp3) is 0.571. The van der Waals surface area contributed by atoms with Gasteiger partial charge in [-0.3, -0.25) is 9.59 Å². The van der Waals surface area contributed by atoms with Crippen molar-refractivity contribution in [2.45, 2.75) is 40.2 Å². The van der Waals surface area contributed by atoms with E-state index in [4.69, 9.17) is 9.47 Å². The van der Waals surface area contributed by atoms with Crippen LogP contribution in [0.5, 0.6) is 0 Å². The highest BCUT2D eigenvalue weighted by Gasteiger charge is 2.18. The van der Waals surface area contributed by atoms with Crippen molar-refractivity contribution in [1.29, 1.82) is 0 Å². The van der Waals surface area contributed by atoms with Crippen molar-refractivity contribution in [3.05, 3.63) is 24.3 Å². The Morgan fingerprint density at radius 1 is 1.22 bits per heavy atom. The maximum Gasteiger partial charge on any atom is 0.303 e. The van der Waals surface area contributed by atoms with E-state index in [1.807, 2.05) is 13.0 Å². The molecule has 0 saturated carbocycles. The van der Waals surface area contributed by atoms with E-state index < -0.39 is 5.60 Å². The first-order valence-electron chi connectivity index (χ1n) is 5.82. The van der Waals surface area contributed by atoms with Crippen LogP contribution in [0.4, 0.5) is 0 Å². The largest absolute Gasteiger partial charge is 0.465 e. The van der Waals surface area contributed by atoms with Crippen molar-refractivity contribution in [3.8, 4) is 0 Å². The third kappa shape index (κ3) is 7.65. The van der Waals surface area contributed by atoms with Crippen molar-refractivity contribution in [2.24, 2.45) is 5.92 Å². The first-order chi connectivity index (χ1) is 8.14. The molecule has 0 radical (unpaired) electrons. The van der Waals surface area contributed by atoms with E-state index in [0.29, 0.717) is 0 Å². The Morgan fingerprint density at radius 3 is 2.17 bits per heavy atom. The van der Waals surface area contributed by atoms with Crippen LogP contribution in [0.1, 0.15) is 34.6 Å². The lowest BCUT2D eigenvalue weighted by atomic mass is 9.99. The standard InChI is InChI=1S/C14H22O4/c1-10(2)13(9-17-11(3)15)7-8-14(5,6)18-12(4)16/h7-8,13H,1,9H2,2-6H3/b8-7+. The second-order valence-electron chi connectivity index (χ2n) is 4.81. The fourth-order valence-corrected chi connectivity index (χ4v) is 1.32. The zero-order valence-corrected chi connectivity index (χ0v) is 11.8. The summed E-state index contributed by atoms with van der Waals surface area (Å²) in [7, 11) is 0. The molecule has 0 N–H and O–H groups in total. The number of esters is 2. The molecule has 0 aromatic rings. The maximum atomic E-state index is 10.9. The van der Waals surface area contributed by atoms with E-state index >= 15 is 0 Å². The van der Waals surface area contributed by atoms with Gasteiger partial charge in [-0.15, -0.1) is 0 Å². The molecule has 0 saturated heterocycles. The summed E-state index contributed by atoms with van der Waals surface area (Å²) >= 11 is 0. The van der Waals surface area contributed by atoms with Crippen molar-refractivity contribution in [2.75, 3.05) is 6.61 Å². The minimum atomic E-state index is -0.685. The van der Waals surface area contributed by atoms with E-state index in [2.05, 4.69) is 6.58 Å². The molecule has 0 heterocycles. The van der Waals surface area contributed by atoms with Crippen LogP contribution in [-0.2, 0) is 19.1 Å². The van der Waals surface area contributed by atoms with Gasteiger partial charge in [-0.05, 0) is 26.8 Å². The summed E-state index contributed by atoms with van der Waals surface area (Å²) in [6.45, 7) is 12.2. The van der Waals surface area contributed by atoms with Crippen molar-refractivity contribution < 1.29 is 19.1 Å². The molecule has 102 valence electrons. The molecular weight excluding hydrogens is 232 g/mol. The van der Waals surface area contributed by atoms with Crippen LogP contribution in [0, 0.1) is 5.92 Å². The first-order valence-corrected chi connectivity index (χ1v) is 5.82. The maximum absolute atomic E-state index is 10.9. The molecule has 0 amide bonds. The van der Waals surface area contributed by atoms with Gasteiger partial charge < -0.3 is 9.47 Å². The van der Waals surface area contributed by atoms with Gasteiger partial charge >= 0.3 is 11.9 Å². The topological polar surface area (TPSA) is 52.6 Å². The average molecular weight is 254 g/mol. The Morgan fingerprint density at radius 2 is 1.78 bits per heavy atom. The van der Waals surface area contributed by atoms with Gasteiger partial charge in [-0.25, -0.2) is 0 Å². The van der Waals surface area contributed by atoms with Gasteiger partial charge in [-0.2, -0.15) is 0 Å². The van der Waals surface area contributed by atoms with Crippen LogP contribution in [0.25, 0.3) is 0 Å². The van der Waals surface area contributed by atoms with Crippen molar-refractivity contribution >= 4 is 11.9 Å². The summed E-state index contributed by atoms with van der Waals surface area (Å²) in [5.41, 5.74) is 0.196. The lowest BCUT2D eigenvalue weighted by Crippen LogP contribution is -2.24. The molecule has 0 aromatic carbocycles. The quantitative estimate of drug-likeness (QED) is 0.540. The summed E-state index contributed by atoms with van der Waals surface area (Å²) in [5.74, 6) is -0.742. The smallest absolute Gasteiger partial charge is 0.303 e. The van der Waals surface area contributed by atoms with Crippen LogP contribution in [0.2, 0.25) is 0 Å². The van der Waals surface area contributed by atoms with Gasteiger partial charge in [0.25, 0.3) is 0 Å². The molecule has 4 nitrogen and oxygen atoms in total. The molecule has 0 spiro atoms. The van der Waals surface area contributed by atoms with Gasteiger partial charge in [0.15, 0.2) is 0 Å². The molecular formula is C14H22O4. The van der Waals surface area contributed by atoms with Gasteiger partial charge in [0.1, 0.15) is 12.2 Å². The zero-order chi connectivity index (χ0) is 14.3. The molecule has 0 rings (SSSR count). The van der Waals surface area contributed by atoms with Crippen LogP contribution in [0.15, 0.2) is 24.3 Å². The summed E-state index contributed by atoms with van der Waals surface area (Å²) in [4.78, 5) is 21.7. The van der Waals surface area contributed by atoms with E-state index in [1.54, 1.807) is 19.9 Å². The normalized spacial score (nSPS) is 13.2. The summed E-state index contributed by atoms with van der Waals surface area (Å²) < 4.78 is 10.1. The lowest BCUT2D eigenvalue weighted by Gasteiger charge is -2.21. The molecule has 0 aliphatic heterocycles. The van der Waals surface area contributed by atoms with E-state index in [1.165, 1.54) is 13.8 Å².